The van der Waals surface area contributed by atoms with Gasteiger partial charge in [-0.2, -0.15) is 0 Å². The van der Waals surface area contributed by atoms with Gasteiger partial charge in [0.2, 0.25) is 0 Å². The summed E-state index contributed by atoms with van der Waals surface area (Å²) in [5, 5.41) is 1.04. The highest BCUT2D eigenvalue weighted by Crippen LogP contribution is 2.36. The molecule has 1 unspecified atom stereocenters. The summed E-state index contributed by atoms with van der Waals surface area (Å²) in [5.74, 6) is -0.571. The van der Waals surface area contributed by atoms with Crippen LogP contribution in [-0.2, 0) is 0 Å². The van der Waals surface area contributed by atoms with Gasteiger partial charge >= 0.3 is 0 Å². The van der Waals surface area contributed by atoms with E-state index in [1.807, 2.05) is 0 Å². The Morgan fingerprint density at radius 2 is 1.77 bits per heavy atom. The number of hydrogen-bond acceptors (Lipinski definition) is 0. The normalized spacial score (nSPS) is 13.0. The molecule has 1 radical (unpaired) electrons. The summed E-state index contributed by atoms with van der Waals surface area (Å²) >= 11 is 17.4. The van der Waals surface area contributed by atoms with E-state index >= 15 is 0 Å². The largest absolute Gasteiger partial charge is 0.250 e. The average molecular weight is 241 g/mol. The molecule has 71 valence electrons. The average Bonchev–Trinajstić information content (AvgIpc) is 2.12. The van der Waals surface area contributed by atoms with Gasteiger partial charge in [0, 0.05) is 10.9 Å². The third-order valence-corrected chi connectivity index (χ3v) is 2.82. The third kappa shape index (κ3) is 2.28. The van der Waals surface area contributed by atoms with E-state index in [9.17, 15) is 4.39 Å². The molecule has 0 nitrogen and oxygen atoms in total. The van der Waals surface area contributed by atoms with Crippen molar-refractivity contribution in [3.8, 4) is 0 Å². The number of rotatable bonds is 2. The van der Waals surface area contributed by atoms with E-state index in [-0.39, 0.29) is 5.02 Å². The zero-order valence-corrected chi connectivity index (χ0v) is 8.93. The first-order valence-electron chi connectivity index (χ1n) is 3.60. The molecule has 0 saturated heterocycles. The molecule has 0 bridgehead atoms. The van der Waals surface area contributed by atoms with Crippen LogP contribution in [-0.4, -0.2) is 6.67 Å². The summed E-state index contributed by atoms with van der Waals surface area (Å²) in [6, 6.07) is 3.15. The Balaban J connectivity index is 3.25. The second kappa shape index (κ2) is 4.50. The maximum absolute atomic E-state index is 12.3. The second-order valence-corrected chi connectivity index (χ2v) is 3.80. The quantitative estimate of drug-likeness (QED) is 0.666. The summed E-state index contributed by atoms with van der Waals surface area (Å²) < 4.78 is 12.3. The van der Waals surface area contributed by atoms with Crippen LogP contribution >= 0.6 is 34.8 Å². The van der Waals surface area contributed by atoms with E-state index < -0.39 is 12.6 Å². The molecule has 0 aliphatic heterocycles. The molecule has 0 saturated carbocycles. The Labute approximate surface area is 91.6 Å². The topological polar surface area (TPSA) is 0 Å². The minimum atomic E-state index is -0.611. The van der Waals surface area contributed by atoms with Crippen molar-refractivity contribution >= 4 is 34.8 Å². The SMILES string of the molecule is [CH2]C(CF)c1c(Cl)ccc(Cl)c1Cl. The van der Waals surface area contributed by atoms with Crippen molar-refractivity contribution in [1.82, 2.24) is 0 Å². The third-order valence-electron chi connectivity index (χ3n) is 1.67. The predicted molar refractivity (Wildman–Crippen MR) is 55.5 cm³/mol. The fourth-order valence-electron chi connectivity index (χ4n) is 0.994. The van der Waals surface area contributed by atoms with Gasteiger partial charge in [0.05, 0.1) is 16.7 Å². The Bertz CT molecular complexity index is 312. The van der Waals surface area contributed by atoms with Crippen LogP contribution in [0, 0.1) is 6.92 Å². The number of halogens is 4. The lowest BCUT2D eigenvalue weighted by Crippen LogP contribution is -1.98. The van der Waals surface area contributed by atoms with Crippen molar-refractivity contribution in [2.45, 2.75) is 5.92 Å². The second-order valence-electron chi connectivity index (χ2n) is 2.61. The molecule has 1 aromatic rings. The minimum absolute atomic E-state index is 0.284. The van der Waals surface area contributed by atoms with Crippen LogP contribution in [0.25, 0.3) is 0 Å². The maximum atomic E-state index is 12.3. The van der Waals surface area contributed by atoms with E-state index in [0.717, 1.165) is 0 Å². The summed E-state index contributed by atoms with van der Waals surface area (Å²) in [7, 11) is 0. The lowest BCUT2D eigenvalue weighted by molar-refractivity contribution is 0.465. The molecule has 0 aromatic heterocycles. The van der Waals surface area contributed by atoms with Crippen LogP contribution in [0.4, 0.5) is 4.39 Å². The van der Waals surface area contributed by atoms with E-state index in [2.05, 4.69) is 6.92 Å². The molecule has 0 spiro atoms. The van der Waals surface area contributed by atoms with Gasteiger partial charge in [-0.1, -0.05) is 34.8 Å². The van der Waals surface area contributed by atoms with Crippen LogP contribution < -0.4 is 0 Å². The van der Waals surface area contributed by atoms with Crippen molar-refractivity contribution in [3.05, 3.63) is 39.7 Å². The van der Waals surface area contributed by atoms with Gasteiger partial charge in [-0.25, -0.2) is 0 Å². The van der Waals surface area contributed by atoms with Crippen LogP contribution in [0.3, 0.4) is 0 Å². The van der Waals surface area contributed by atoms with Gasteiger partial charge in [-0.15, -0.1) is 0 Å². The van der Waals surface area contributed by atoms with Crippen molar-refractivity contribution in [2.75, 3.05) is 6.67 Å². The van der Waals surface area contributed by atoms with Crippen molar-refractivity contribution < 1.29 is 4.39 Å². The number of benzene rings is 1. The number of alkyl halides is 1. The molecule has 0 aliphatic rings. The van der Waals surface area contributed by atoms with E-state index in [0.29, 0.717) is 15.6 Å². The van der Waals surface area contributed by atoms with Gasteiger partial charge in [-0.3, -0.25) is 4.39 Å². The highest BCUT2D eigenvalue weighted by Gasteiger charge is 2.15. The fraction of sp³-hybridized carbons (Fsp3) is 0.222. The molecule has 0 N–H and O–H groups in total. The Morgan fingerprint density at radius 1 is 1.23 bits per heavy atom. The van der Waals surface area contributed by atoms with Crippen molar-refractivity contribution in [3.63, 3.8) is 0 Å². The first kappa shape index (κ1) is 11.1. The molecule has 4 heteroatoms. The first-order chi connectivity index (χ1) is 6.07. The molecule has 0 aliphatic carbocycles. The van der Waals surface area contributed by atoms with Crippen LogP contribution in [0.2, 0.25) is 15.1 Å². The molecular formula is C9H7Cl3F. The molecule has 0 amide bonds. The molecule has 1 rings (SSSR count). The summed E-state index contributed by atoms with van der Waals surface area (Å²) in [5.41, 5.74) is 0.471. The minimum Gasteiger partial charge on any atom is -0.250 e. The summed E-state index contributed by atoms with van der Waals surface area (Å²) in [6.45, 7) is 2.98. The number of hydrogen-bond donors (Lipinski definition) is 0. The highest BCUT2D eigenvalue weighted by molar-refractivity contribution is 6.44. The first-order valence-corrected chi connectivity index (χ1v) is 4.73. The van der Waals surface area contributed by atoms with Gasteiger partial charge in [0.1, 0.15) is 0 Å². The predicted octanol–water partition coefficient (Wildman–Crippen LogP) is 4.53. The zero-order valence-electron chi connectivity index (χ0n) is 6.66. The van der Waals surface area contributed by atoms with Crippen LogP contribution in [0.15, 0.2) is 12.1 Å². The lowest BCUT2D eigenvalue weighted by Gasteiger charge is -2.12. The summed E-state index contributed by atoms with van der Waals surface area (Å²) in [4.78, 5) is 0. The smallest absolute Gasteiger partial charge is 0.0964 e. The van der Waals surface area contributed by atoms with Crippen molar-refractivity contribution in [2.24, 2.45) is 0 Å². The Morgan fingerprint density at radius 3 is 2.31 bits per heavy atom. The summed E-state index contributed by atoms with van der Waals surface area (Å²) in [6.07, 6.45) is 0. The molecular weight excluding hydrogens is 233 g/mol. The maximum Gasteiger partial charge on any atom is 0.0964 e. The molecule has 1 atom stereocenters. The van der Waals surface area contributed by atoms with E-state index in [1.165, 1.54) is 0 Å². The van der Waals surface area contributed by atoms with Crippen LogP contribution in [0.5, 0.6) is 0 Å². The van der Waals surface area contributed by atoms with Crippen molar-refractivity contribution in [1.29, 1.82) is 0 Å². The van der Waals surface area contributed by atoms with Gasteiger partial charge < -0.3 is 0 Å². The molecule has 0 heterocycles. The highest BCUT2D eigenvalue weighted by atomic mass is 35.5. The Hall–Kier alpha value is 0.0200. The monoisotopic (exact) mass is 239 g/mol. The fourth-order valence-corrected chi connectivity index (χ4v) is 1.84. The Kier molecular flexibility index (Phi) is 3.84. The van der Waals surface area contributed by atoms with E-state index in [4.69, 9.17) is 34.8 Å². The lowest BCUT2D eigenvalue weighted by atomic mass is 10.0. The van der Waals surface area contributed by atoms with Gasteiger partial charge in [0.15, 0.2) is 0 Å². The van der Waals surface area contributed by atoms with Gasteiger partial charge in [0.25, 0.3) is 0 Å². The molecule has 13 heavy (non-hydrogen) atoms. The van der Waals surface area contributed by atoms with E-state index in [1.54, 1.807) is 12.1 Å². The van der Waals surface area contributed by atoms with Crippen LogP contribution in [0.1, 0.15) is 11.5 Å². The molecule has 0 fully saturated rings. The zero-order chi connectivity index (χ0) is 10.0. The molecule has 1 aromatic carbocycles. The van der Waals surface area contributed by atoms with Gasteiger partial charge in [-0.05, 0) is 24.6 Å². The standard InChI is InChI=1S/C9H7Cl3F/c1-5(4-13)8-6(10)2-3-7(11)9(8)12/h2-3,5H,1,4H2.